The molecule has 146 valence electrons. The van der Waals surface area contributed by atoms with E-state index in [1.807, 2.05) is 0 Å². The highest BCUT2D eigenvalue weighted by atomic mass is 127. The van der Waals surface area contributed by atoms with Crippen LogP contribution in [0.3, 0.4) is 0 Å². The molecular weight excluding hydrogens is 439 g/mol. The number of benzene rings is 1. The van der Waals surface area contributed by atoms with Gasteiger partial charge < -0.3 is 15.5 Å². The van der Waals surface area contributed by atoms with Crippen LogP contribution >= 0.6 is 24.0 Å². The van der Waals surface area contributed by atoms with Crippen LogP contribution in [0.1, 0.15) is 43.7 Å². The standard InChI is InChI=1S/C20H32N4O.HI/c1-4-5-8-13-21-20(22-15-19(25)24(2)3)23-18-12-11-16-9-6-7-10-17(16)14-18;/h6-7,9-10,18H,4-5,8,11-15H2,1-3H3,(H2,21,22,23);1H. The van der Waals surface area contributed by atoms with Crippen molar-refractivity contribution in [2.24, 2.45) is 4.99 Å². The molecule has 0 saturated carbocycles. The third kappa shape index (κ3) is 7.51. The van der Waals surface area contributed by atoms with Gasteiger partial charge in [0, 0.05) is 26.7 Å². The van der Waals surface area contributed by atoms with E-state index in [4.69, 9.17) is 0 Å². The van der Waals surface area contributed by atoms with E-state index in [1.54, 1.807) is 19.0 Å². The Balaban J connectivity index is 0.00000338. The second-order valence-electron chi connectivity index (χ2n) is 6.94. The van der Waals surface area contributed by atoms with Crippen LogP contribution in [0, 0.1) is 0 Å². The third-order valence-corrected chi connectivity index (χ3v) is 4.63. The van der Waals surface area contributed by atoms with Gasteiger partial charge in [-0.25, -0.2) is 4.99 Å². The second kappa shape index (κ2) is 12.1. The molecular formula is C20H33IN4O. The second-order valence-corrected chi connectivity index (χ2v) is 6.94. The van der Waals surface area contributed by atoms with Crippen LogP contribution in [-0.4, -0.2) is 50.0 Å². The molecule has 1 amide bonds. The number of carbonyl (C=O) groups is 1. The molecule has 26 heavy (non-hydrogen) atoms. The van der Waals surface area contributed by atoms with Crippen molar-refractivity contribution in [1.29, 1.82) is 0 Å². The summed E-state index contributed by atoms with van der Waals surface area (Å²) in [5, 5.41) is 6.92. The van der Waals surface area contributed by atoms with Gasteiger partial charge in [-0.1, -0.05) is 44.0 Å². The van der Waals surface area contributed by atoms with Crippen molar-refractivity contribution < 1.29 is 4.79 Å². The number of rotatable bonds is 7. The van der Waals surface area contributed by atoms with E-state index < -0.39 is 0 Å². The Hall–Kier alpha value is -1.31. The molecule has 1 unspecified atom stereocenters. The predicted octanol–water partition coefficient (Wildman–Crippen LogP) is 2.98. The van der Waals surface area contributed by atoms with Crippen LogP contribution in [0.2, 0.25) is 0 Å². The lowest BCUT2D eigenvalue weighted by molar-refractivity contribution is -0.127. The summed E-state index contributed by atoms with van der Waals surface area (Å²) in [5.41, 5.74) is 2.87. The molecule has 5 nitrogen and oxygen atoms in total. The summed E-state index contributed by atoms with van der Waals surface area (Å²) < 4.78 is 0. The largest absolute Gasteiger partial charge is 0.356 e. The molecule has 1 aromatic rings. The highest BCUT2D eigenvalue weighted by Crippen LogP contribution is 2.20. The van der Waals surface area contributed by atoms with Crippen LogP contribution in [0.5, 0.6) is 0 Å². The Morgan fingerprint density at radius 1 is 1.23 bits per heavy atom. The zero-order valence-electron chi connectivity index (χ0n) is 16.3. The molecule has 0 fully saturated rings. The van der Waals surface area contributed by atoms with Crippen LogP contribution < -0.4 is 10.6 Å². The molecule has 0 radical (unpaired) electrons. The summed E-state index contributed by atoms with van der Waals surface area (Å²) in [6, 6.07) is 9.02. The summed E-state index contributed by atoms with van der Waals surface area (Å²) in [5.74, 6) is 0.777. The smallest absolute Gasteiger partial charge is 0.243 e. The number of amides is 1. The Kier molecular flexibility index (Phi) is 10.6. The maximum Gasteiger partial charge on any atom is 0.243 e. The number of unbranched alkanes of at least 4 members (excludes halogenated alkanes) is 2. The lowest BCUT2D eigenvalue weighted by Crippen LogP contribution is -2.46. The molecule has 1 atom stereocenters. The first-order chi connectivity index (χ1) is 12.1. The minimum atomic E-state index is 0. The minimum Gasteiger partial charge on any atom is -0.356 e. The van der Waals surface area contributed by atoms with Gasteiger partial charge in [0.15, 0.2) is 5.96 Å². The number of fused-ring (bicyclic) bond motifs is 1. The van der Waals surface area contributed by atoms with Crippen LogP contribution in [0.4, 0.5) is 0 Å². The average molecular weight is 472 g/mol. The fourth-order valence-electron chi connectivity index (χ4n) is 3.04. The summed E-state index contributed by atoms with van der Waals surface area (Å²) in [7, 11) is 3.52. The Bertz CT molecular complexity index is 589. The third-order valence-electron chi connectivity index (χ3n) is 4.63. The molecule has 0 aromatic heterocycles. The number of guanidine groups is 1. The molecule has 1 aliphatic rings. The number of carbonyl (C=O) groups excluding carboxylic acids is 1. The molecule has 1 aromatic carbocycles. The lowest BCUT2D eigenvalue weighted by Gasteiger charge is -2.27. The zero-order valence-corrected chi connectivity index (χ0v) is 18.6. The SMILES string of the molecule is CCCCCNC(=NCC(=O)N(C)C)NC1CCc2ccccc2C1.I. The lowest BCUT2D eigenvalue weighted by atomic mass is 9.88. The van der Waals surface area contributed by atoms with Gasteiger partial charge in [0.1, 0.15) is 6.54 Å². The van der Waals surface area contributed by atoms with E-state index in [1.165, 1.54) is 24.0 Å². The topological polar surface area (TPSA) is 56.7 Å². The molecule has 0 aliphatic heterocycles. The number of nitrogens with one attached hydrogen (secondary N) is 2. The first-order valence-corrected chi connectivity index (χ1v) is 9.42. The summed E-state index contributed by atoms with van der Waals surface area (Å²) in [6.45, 7) is 3.26. The molecule has 0 heterocycles. The maximum absolute atomic E-state index is 11.8. The Labute approximate surface area is 175 Å². The van der Waals surface area contributed by atoms with E-state index in [0.29, 0.717) is 6.04 Å². The molecule has 1 aliphatic carbocycles. The normalized spacial score (nSPS) is 16.3. The van der Waals surface area contributed by atoms with Crippen LogP contribution in [-0.2, 0) is 17.6 Å². The fourth-order valence-corrected chi connectivity index (χ4v) is 3.04. The van der Waals surface area contributed by atoms with Gasteiger partial charge in [0.05, 0.1) is 0 Å². The first-order valence-electron chi connectivity index (χ1n) is 9.42. The Morgan fingerprint density at radius 2 is 1.96 bits per heavy atom. The molecule has 6 heteroatoms. The zero-order chi connectivity index (χ0) is 18.1. The number of hydrogen-bond acceptors (Lipinski definition) is 2. The minimum absolute atomic E-state index is 0. The van der Waals surface area contributed by atoms with Crippen molar-refractivity contribution in [3.8, 4) is 0 Å². The van der Waals surface area contributed by atoms with Crippen molar-refractivity contribution >= 4 is 35.8 Å². The van der Waals surface area contributed by atoms with Crippen LogP contribution in [0.25, 0.3) is 0 Å². The number of likely N-dealkylation sites (N-methyl/N-ethyl adjacent to an activating group) is 1. The number of aliphatic imine (C=N–C) groups is 1. The van der Waals surface area contributed by atoms with Crippen molar-refractivity contribution in [2.45, 2.75) is 51.5 Å². The van der Waals surface area contributed by atoms with E-state index >= 15 is 0 Å². The summed E-state index contributed by atoms with van der Waals surface area (Å²) in [4.78, 5) is 17.9. The van der Waals surface area contributed by atoms with Gasteiger partial charge in [-0.05, 0) is 36.8 Å². The van der Waals surface area contributed by atoms with Gasteiger partial charge in [-0.15, -0.1) is 24.0 Å². The van der Waals surface area contributed by atoms with Crippen molar-refractivity contribution in [2.75, 3.05) is 27.2 Å². The molecule has 2 rings (SSSR count). The van der Waals surface area contributed by atoms with Gasteiger partial charge in [-0.3, -0.25) is 4.79 Å². The van der Waals surface area contributed by atoms with Crippen LogP contribution in [0.15, 0.2) is 29.3 Å². The Morgan fingerprint density at radius 3 is 2.65 bits per heavy atom. The highest BCUT2D eigenvalue weighted by Gasteiger charge is 2.19. The summed E-state index contributed by atoms with van der Waals surface area (Å²) in [6.07, 6.45) is 6.70. The van der Waals surface area contributed by atoms with Crippen molar-refractivity contribution in [1.82, 2.24) is 15.5 Å². The molecule has 0 bridgehead atoms. The fraction of sp³-hybridized carbons (Fsp3) is 0.600. The molecule has 0 saturated heterocycles. The maximum atomic E-state index is 11.8. The predicted molar refractivity (Wildman–Crippen MR) is 119 cm³/mol. The quantitative estimate of drug-likeness (QED) is 0.278. The summed E-state index contributed by atoms with van der Waals surface area (Å²) >= 11 is 0. The van der Waals surface area contributed by atoms with Crippen molar-refractivity contribution in [3.63, 3.8) is 0 Å². The molecule has 0 spiro atoms. The number of halogens is 1. The van der Waals surface area contributed by atoms with E-state index in [2.05, 4.69) is 46.8 Å². The number of hydrogen-bond donors (Lipinski definition) is 2. The van der Waals surface area contributed by atoms with E-state index in [-0.39, 0.29) is 36.4 Å². The number of aryl methyl sites for hydroxylation is 1. The monoisotopic (exact) mass is 472 g/mol. The van der Waals surface area contributed by atoms with Gasteiger partial charge in [-0.2, -0.15) is 0 Å². The van der Waals surface area contributed by atoms with Gasteiger partial charge in [0.25, 0.3) is 0 Å². The number of nitrogens with zero attached hydrogens (tertiary/aromatic N) is 2. The van der Waals surface area contributed by atoms with Gasteiger partial charge >= 0.3 is 0 Å². The first kappa shape index (κ1) is 22.7. The molecule has 2 N–H and O–H groups in total. The van der Waals surface area contributed by atoms with Crippen molar-refractivity contribution in [3.05, 3.63) is 35.4 Å². The highest BCUT2D eigenvalue weighted by molar-refractivity contribution is 14.0. The average Bonchev–Trinajstić information content (AvgIpc) is 2.62. The van der Waals surface area contributed by atoms with E-state index in [0.717, 1.165) is 38.2 Å². The van der Waals surface area contributed by atoms with Gasteiger partial charge in [0.2, 0.25) is 5.91 Å². The van der Waals surface area contributed by atoms with E-state index in [9.17, 15) is 4.79 Å².